The van der Waals surface area contributed by atoms with Crippen molar-refractivity contribution in [3.8, 4) is 17.2 Å². The van der Waals surface area contributed by atoms with Crippen molar-refractivity contribution in [2.45, 2.75) is 12.8 Å². The van der Waals surface area contributed by atoms with E-state index in [0.29, 0.717) is 17.9 Å². The average Bonchev–Trinajstić information content (AvgIpc) is 3.07. The summed E-state index contributed by atoms with van der Waals surface area (Å²) in [5.74, 6) is 2.17. The highest BCUT2D eigenvalue weighted by molar-refractivity contribution is 6.13. The van der Waals surface area contributed by atoms with E-state index in [1.807, 2.05) is 66.8 Å². The molecule has 1 fully saturated rings. The highest BCUT2D eigenvalue weighted by Gasteiger charge is 2.23. The number of benzene rings is 2. The number of carbonyl (C=O) groups excluding carboxylic acids is 1. The Balaban J connectivity index is 1.81. The van der Waals surface area contributed by atoms with Crippen LogP contribution in [-0.2, 0) is 4.79 Å². The van der Waals surface area contributed by atoms with Gasteiger partial charge in [0, 0.05) is 22.3 Å². The molecule has 1 saturated carbocycles. The maximum absolute atomic E-state index is 12.8. The van der Waals surface area contributed by atoms with Gasteiger partial charge in [-0.2, -0.15) is 0 Å². The number of Topliss-reactive ketones (excluding diaryl/α,β-unsaturated/α-hetero) is 1. The van der Waals surface area contributed by atoms with Crippen molar-refractivity contribution in [3.63, 3.8) is 0 Å². The van der Waals surface area contributed by atoms with Crippen molar-refractivity contribution >= 4 is 17.9 Å². The van der Waals surface area contributed by atoms with Gasteiger partial charge < -0.3 is 14.2 Å². The predicted octanol–water partition coefficient (Wildman–Crippen LogP) is 5.10. The van der Waals surface area contributed by atoms with Gasteiger partial charge in [-0.1, -0.05) is 48.6 Å². The molecular formula is C24H24O4. The number of ether oxygens (including phenoxy) is 3. The van der Waals surface area contributed by atoms with Crippen LogP contribution in [0.2, 0.25) is 0 Å². The van der Waals surface area contributed by atoms with E-state index in [1.165, 1.54) is 0 Å². The lowest BCUT2D eigenvalue weighted by atomic mass is 10.1. The third kappa shape index (κ3) is 4.17. The van der Waals surface area contributed by atoms with Gasteiger partial charge in [0.2, 0.25) is 0 Å². The van der Waals surface area contributed by atoms with E-state index in [0.717, 1.165) is 34.4 Å². The van der Waals surface area contributed by atoms with E-state index in [9.17, 15) is 4.79 Å². The summed E-state index contributed by atoms with van der Waals surface area (Å²) in [6.45, 7) is 0. The number of carbonyl (C=O) groups is 1. The fourth-order valence-electron chi connectivity index (χ4n) is 3.28. The Labute approximate surface area is 165 Å². The maximum Gasteiger partial charge on any atom is 0.185 e. The number of allylic oxidation sites excluding steroid dienone is 4. The van der Waals surface area contributed by atoms with Crippen LogP contribution >= 0.6 is 0 Å². The summed E-state index contributed by atoms with van der Waals surface area (Å²) in [6, 6.07) is 13.4. The monoisotopic (exact) mass is 376 g/mol. The van der Waals surface area contributed by atoms with Gasteiger partial charge in [0.25, 0.3) is 0 Å². The van der Waals surface area contributed by atoms with Crippen LogP contribution in [0.15, 0.2) is 65.8 Å². The Morgan fingerprint density at radius 1 is 0.786 bits per heavy atom. The lowest BCUT2D eigenvalue weighted by Gasteiger charge is -2.10. The Hall–Kier alpha value is -3.27. The second-order valence-corrected chi connectivity index (χ2v) is 6.37. The van der Waals surface area contributed by atoms with Crippen molar-refractivity contribution < 1.29 is 19.0 Å². The molecule has 0 saturated heterocycles. The lowest BCUT2D eigenvalue weighted by Crippen LogP contribution is -1.97. The quantitative estimate of drug-likeness (QED) is 0.658. The average molecular weight is 376 g/mol. The summed E-state index contributed by atoms with van der Waals surface area (Å²) < 4.78 is 16.1. The molecule has 0 aliphatic heterocycles. The molecule has 2 aromatic carbocycles. The maximum atomic E-state index is 12.8. The third-order valence-electron chi connectivity index (χ3n) is 4.72. The molecular weight excluding hydrogens is 352 g/mol. The van der Waals surface area contributed by atoms with E-state index in [4.69, 9.17) is 14.2 Å². The standard InChI is InChI=1S/C24H24O4/c1-26-21-12-5-4-8-17(21)9-6-10-18-14-15-19(23(18)25)16-20-11-7-13-22(27-2)24(20)28-3/h4-13,16H,14-15H2,1-3H3/b9-6+,18-10+,19-16+. The summed E-state index contributed by atoms with van der Waals surface area (Å²) >= 11 is 0. The minimum Gasteiger partial charge on any atom is -0.496 e. The number of hydrogen-bond donors (Lipinski definition) is 0. The Morgan fingerprint density at radius 2 is 1.46 bits per heavy atom. The molecule has 2 aromatic rings. The predicted molar refractivity (Wildman–Crippen MR) is 112 cm³/mol. The highest BCUT2D eigenvalue weighted by atomic mass is 16.5. The van der Waals surface area contributed by atoms with Crippen LogP contribution in [0.25, 0.3) is 12.2 Å². The molecule has 0 bridgehead atoms. The molecule has 0 radical (unpaired) electrons. The van der Waals surface area contributed by atoms with Crippen molar-refractivity contribution in [2.24, 2.45) is 0 Å². The molecule has 0 unspecified atom stereocenters. The van der Waals surface area contributed by atoms with Crippen LogP contribution in [0.1, 0.15) is 24.0 Å². The molecule has 4 heteroatoms. The third-order valence-corrected chi connectivity index (χ3v) is 4.72. The second-order valence-electron chi connectivity index (χ2n) is 6.37. The Morgan fingerprint density at radius 3 is 2.21 bits per heavy atom. The summed E-state index contributed by atoms with van der Waals surface area (Å²) in [5.41, 5.74) is 3.41. The fourth-order valence-corrected chi connectivity index (χ4v) is 3.28. The van der Waals surface area contributed by atoms with E-state index in [1.54, 1.807) is 21.3 Å². The molecule has 0 heterocycles. The van der Waals surface area contributed by atoms with Crippen molar-refractivity contribution in [1.82, 2.24) is 0 Å². The van der Waals surface area contributed by atoms with Crippen molar-refractivity contribution in [2.75, 3.05) is 21.3 Å². The summed E-state index contributed by atoms with van der Waals surface area (Å²) in [5, 5.41) is 0. The van der Waals surface area contributed by atoms with Crippen LogP contribution in [0.4, 0.5) is 0 Å². The molecule has 4 nitrogen and oxygen atoms in total. The molecule has 0 spiro atoms. The Bertz CT molecular complexity index is 951. The zero-order valence-electron chi connectivity index (χ0n) is 16.4. The molecule has 0 N–H and O–H groups in total. The molecule has 28 heavy (non-hydrogen) atoms. The van der Waals surface area contributed by atoms with Crippen LogP contribution in [-0.4, -0.2) is 27.1 Å². The minimum atomic E-state index is 0.0783. The van der Waals surface area contributed by atoms with Gasteiger partial charge in [-0.3, -0.25) is 4.79 Å². The van der Waals surface area contributed by atoms with Gasteiger partial charge in [-0.15, -0.1) is 0 Å². The smallest absolute Gasteiger partial charge is 0.185 e. The van der Waals surface area contributed by atoms with E-state index in [-0.39, 0.29) is 5.78 Å². The minimum absolute atomic E-state index is 0.0783. The largest absolute Gasteiger partial charge is 0.496 e. The molecule has 0 atom stereocenters. The van der Waals surface area contributed by atoms with Gasteiger partial charge >= 0.3 is 0 Å². The second kappa shape index (κ2) is 9.09. The van der Waals surface area contributed by atoms with E-state index >= 15 is 0 Å². The van der Waals surface area contributed by atoms with Gasteiger partial charge in [0.1, 0.15) is 5.75 Å². The van der Waals surface area contributed by atoms with Crippen LogP contribution in [0.5, 0.6) is 17.2 Å². The first-order chi connectivity index (χ1) is 13.7. The number of ketones is 1. The summed E-state index contributed by atoms with van der Waals surface area (Å²) in [4.78, 5) is 12.8. The topological polar surface area (TPSA) is 44.8 Å². The summed E-state index contributed by atoms with van der Waals surface area (Å²) in [6.07, 6.45) is 9.08. The van der Waals surface area contributed by atoms with E-state index < -0.39 is 0 Å². The van der Waals surface area contributed by atoms with Gasteiger partial charge in [-0.25, -0.2) is 0 Å². The normalized spacial score (nSPS) is 16.9. The molecule has 1 aliphatic rings. The zero-order chi connectivity index (χ0) is 19.9. The van der Waals surface area contributed by atoms with Gasteiger partial charge in [0.05, 0.1) is 21.3 Å². The summed E-state index contributed by atoms with van der Waals surface area (Å²) in [7, 11) is 4.85. The van der Waals surface area contributed by atoms with Crippen molar-refractivity contribution in [3.05, 3.63) is 76.9 Å². The van der Waals surface area contributed by atoms with Gasteiger partial charge in [-0.05, 0) is 31.1 Å². The fraction of sp³-hybridized carbons (Fsp3) is 0.208. The molecule has 0 amide bonds. The lowest BCUT2D eigenvalue weighted by molar-refractivity contribution is -0.111. The number of methoxy groups -OCH3 is 3. The molecule has 3 rings (SSSR count). The SMILES string of the molecule is COc1ccccc1/C=C/C=C1\CC/C(=C\c2cccc(OC)c2OC)C1=O. The van der Waals surface area contributed by atoms with Gasteiger partial charge in [0.15, 0.2) is 17.3 Å². The van der Waals surface area contributed by atoms with Crippen LogP contribution in [0.3, 0.4) is 0 Å². The highest BCUT2D eigenvalue weighted by Crippen LogP contribution is 2.35. The van der Waals surface area contributed by atoms with E-state index in [2.05, 4.69) is 0 Å². The first-order valence-electron chi connectivity index (χ1n) is 9.14. The molecule has 144 valence electrons. The molecule has 1 aliphatic carbocycles. The molecule has 0 aromatic heterocycles. The zero-order valence-corrected chi connectivity index (χ0v) is 16.4. The first-order valence-corrected chi connectivity index (χ1v) is 9.14. The first kappa shape index (κ1) is 19.5. The van der Waals surface area contributed by atoms with Crippen molar-refractivity contribution in [1.29, 1.82) is 0 Å². The van der Waals surface area contributed by atoms with Crippen LogP contribution in [0, 0.1) is 0 Å². The number of para-hydroxylation sites is 2. The Kier molecular flexibility index (Phi) is 6.33. The number of hydrogen-bond acceptors (Lipinski definition) is 4. The number of rotatable bonds is 6. The van der Waals surface area contributed by atoms with Crippen LogP contribution < -0.4 is 14.2 Å².